The van der Waals surface area contributed by atoms with Gasteiger partial charge in [0.25, 0.3) is 0 Å². The Morgan fingerprint density at radius 1 is 0.796 bits per heavy atom. The van der Waals surface area contributed by atoms with Crippen molar-refractivity contribution in [3.8, 4) is 58.9 Å². The minimum absolute atomic E-state index is 0.00974. The third kappa shape index (κ3) is 5.14. The summed E-state index contributed by atoms with van der Waals surface area (Å²) in [5, 5.41) is 20.1. The van der Waals surface area contributed by atoms with Gasteiger partial charge in [0.1, 0.15) is 82.1 Å². The van der Waals surface area contributed by atoms with Crippen molar-refractivity contribution in [2.75, 3.05) is 14.2 Å². The van der Waals surface area contributed by atoms with E-state index in [1.165, 1.54) is 39.5 Å². The molecule has 0 radical (unpaired) electrons. The Kier molecular flexibility index (Phi) is 8.01. The number of thiophene rings is 4. The van der Waals surface area contributed by atoms with E-state index < -0.39 is 5.60 Å². The average molecular weight is 753 g/mol. The molecule has 0 N–H and O–H groups in total. The van der Waals surface area contributed by atoms with Crippen LogP contribution in [0.1, 0.15) is 47.4 Å². The van der Waals surface area contributed by atoms with E-state index >= 15 is 0 Å². The number of hydrogen-bond acceptors (Lipinski definition) is 13. The minimum Gasteiger partial charge on any atom is -0.495 e. The Labute approximate surface area is 304 Å². The molecule has 7 heterocycles. The second-order valence-electron chi connectivity index (χ2n) is 11.1. The molecule has 0 aromatic carbocycles. The number of ether oxygens (including phenoxy) is 3. The molecule has 1 aliphatic heterocycles. The van der Waals surface area contributed by atoms with Gasteiger partial charge in [-0.05, 0) is 43.9 Å². The third-order valence-electron chi connectivity index (χ3n) is 8.37. The number of rotatable bonds is 6. The van der Waals surface area contributed by atoms with Crippen LogP contribution in [0.25, 0.3) is 70.4 Å². The highest BCUT2D eigenvalue weighted by Gasteiger charge is 2.47. The Hall–Kier alpha value is -4.58. The molecular weight excluding hydrogens is 733 g/mol. The monoisotopic (exact) mass is 752 g/mol. The number of allylic oxidation sites excluding steroid dienone is 1. The van der Waals surface area contributed by atoms with Crippen molar-refractivity contribution in [2.24, 2.45) is 0 Å². The molecule has 0 atom stereocenters. The number of thiazole rings is 2. The van der Waals surface area contributed by atoms with Crippen LogP contribution >= 0.6 is 68.0 Å². The van der Waals surface area contributed by atoms with Crippen molar-refractivity contribution in [1.82, 2.24) is 9.97 Å². The van der Waals surface area contributed by atoms with E-state index in [1.54, 1.807) is 71.7 Å². The van der Waals surface area contributed by atoms with Crippen molar-refractivity contribution in [2.45, 2.75) is 37.7 Å². The molecular formula is C34H20N6O3S6. The van der Waals surface area contributed by atoms with Crippen LogP contribution in [0.3, 0.4) is 0 Å². The van der Waals surface area contributed by atoms with Gasteiger partial charge < -0.3 is 14.2 Å². The molecule has 49 heavy (non-hydrogen) atoms. The van der Waals surface area contributed by atoms with Crippen LogP contribution in [-0.4, -0.2) is 24.2 Å². The first-order valence-corrected chi connectivity index (χ1v) is 19.7. The van der Waals surface area contributed by atoms with Gasteiger partial charge in [-0.2, -0.15) is 20.2 Å². The maximum absolute atomic E-state index is 9.24. The first kappa shape index (κ1) is 31.7. The molecule has 6 aromatic rings. The topological polar surface area (TPSA) is 110 Å². The van der Waals surface area contributed by atoms with Crippen molar-refractivity contribution in [1.29, 1.82) is 10.5 Å². The van der Waals surface area contributed by atoms with Gasteiger partial charge in [-0.15, -0.1) is 68.0 Å². The number of methoxy groups -OCH3 is 2. The van der Waals surface area contributed by atoms with E-state index in [-0.39, 0.29) is 11.4 Å². The zero-order chi connectivity index (χ0) is 33.9. The van der Waals surface area contributed by atoms with Crippen LogP contribution in [0.5, 0.6) is 17.2 Å². The van der Waals surface area contributed by atoms with Crippen LogP contribution in [0, 0.1) is 35.8 Å². The summed E-state index contributed by atoms with van der Waals surface area (Å²) in [6, 6.07) is 7.53. The molecule has 0 amide bonds. The van der Waals surface area contributed by atoms with Crippen molar-refractivity contribution < 1.29 is 14.2 Å². The lowest BCUT2D eigenvalue weighted by molar-refractivity contribution is 0.0282. The van der Waals surface area contributed by atoms with Crippen LogP contribution in [0.4, 0.5) is 0 Å². The van der Waals surface area contributed by atoms with Crippen LogP contribution < -0.4 is 14.2 Å². The number of fused-ring (bicyclic) bond motifs is 8. The summed E-state index contributed by atoms with van der Waals surface area (Å²) in [6.07, 6.45) is 8.33. The maximum Gasteiger partial charge on any atom is 0.520 e. The highest BCUT2D eigenvalue weighted by atomic mass is 32.1. The summed E-state index contributed by atoms with van der Waals surface area (Å²) in [5.74, 6) is 2.23. The van der Waals surface area contributed by atoms with E-state index in [4.69, 9.17) is 37.3 Å². The molecule has 0 saturated heterocycles. The Balaban J connectivity index is 1.24. The van der Waals surface area contributed by atoms with Crippen LogP contribution in [0.15, 0.2) is 23.5 Å². The third-order valence-corrected chi connectivity index (χ3v) is 15.5. The van der Waals surface area contributed by atoms with E-state index in [1.807, 2.05) is 24.3 Å². The summed E-state index contributed by atoms with van der Waals surface area (Å²) >= 11 is 9.48. The molecule has 9 nitrogen and oxygen atoms in total. The number of hydrogen-bond donors (Lipinski definition) is 0. The summed E-state index contributed by atoms with van der Waals surface area (Å²) in [4.78, 5) is 24.2. The predicted octanol–water partition coefficient (Wildman–Crippen LogP) is 11.3. The lowest BCUT2D eigenvalue weighted by Crippen LogP contribution is -2.37. The van der Waals surface area contributed by atoms with Gasteiger partial charge in [0.2, 0.25) is 0 Å². The van der Waals surface area contributed by atoms with Gasteiger partial charge in [0.15, 0.2) is 5.75 Å². The Bertz CT molecular complexity index is 2520. The largest absolute Gasteiger partial charge is 0.520 e. The molecule has 1 aliphatic carbocycles. The van der Waals surface area contributed by atoms with Crippen molar-refractivity contribution >= 4 is 99.2 Å². The second kappa shape index (κ2) is 12.4. The molecule has 1 fully saturated rings. The summed E-state index contributed by atoms with van der Waals surface area (Å²) in [6.45, 7) is 14.5. The summed E-state index contributed by atoms with van der Waals surface area (Å²) in [7, 11) is 3.23. The van der Waals surface area contributed by atoms with Crippen LogP contribution in [-0.2, 0) is 5.60 Å². The standard InChI is InChI=1S/C34H20N6O3S6/c1-37-21(38-2)13-18-12-20(42-4)24(45-18)30-39-32-27(47-30)22-26(46-32)28-23(43-34(22)8-6-5-7-9-34)29-33(48-28)40-31(49-29)25-19(41-3)11-17(44-25)10-16(14-35)15-36/h10-13H,5-9H2,3-4H3. The summed E-state index contributed by atoms with van der Waals surface area (Å²) < 4.78 is 20.7. The van der Waals surface area contributed by atoms with E-state index in [9.17, 15) is 10.5 Å². The van der Waals surface area contributed by atoms with Crippen molar-refractivity contribution in [3.05, 3.63) is 61.7 Å². The molecule has 6 aromatic heterocycles. The number of aromatic nitrogens is 2. The molecule has 8 rings (SSSR count). The van der Waals surface area contributed by atoms with Gasteiger partial charge in [-0.1, -0.05) is 6.42 Å². The van der Waals surface area contributed by atoms with Crippen LogP contribution in [0.2, 0.25) is 0 Å². The van der Waals surface area contributed by atoms with Gasteiger partial charge >= 0.3 is 5.82 Å². The fraction of sp³-hybridized carbons (Fsp3) is 0.235. The van der Waals surface area contributed by atoms with Gasteiger partial charge in [0, 0.05) is 21.4 Å². The van der Waals surface area contributed by atoms with E-state index in [0.29, 0.717) is 11.5 Å². The zero-order valence-electron chi connectivity index (χ0n) is 25.7. The van der Waals surface area contributed by atoms with E-state index in [0.717, 1.165) is 84.9 Å². The zero-order valence-corrected chi connectivity index (χ0v) is 30.6. The Morgan fingerprint density at radius 3 is 1.96 bits per heavy atom. The second-order valence-corrected chi connectivity index (χ2v) is 17.3. The first-order valence-electron chi connectivity index (χ1n) is 14.8. The SMILES string of the molecule is [C-]#[N+]C(=Cc1cc(OC)c(-c2nc3sc4c(c3s2)C2(CCCCC2)Oc2c-4sc3nc(-c4sc(C=C(C#N)C#N)cc4OC)sc23)s1)[N+]#[C-]. The molecule has 2 aliphatic rings. The van der Waals surface area contributed by atoms with Gasteiger partial charge in [-0.25, -0.2) is 9.97 Å². The predicted molar refractivity (Wildman–Crippen MR) is 199 cm³/mol. The molecule has 240 valence electrons. The number of nitrogens with zero attached hydrogens (tertiary/aromatic N) is 6. The normalized spacial score (nSPS) is 14.2. The van der Waals surface area contributed by atoms with Crippen molar-refractivity contribution in [3.63, 3.8) is 0 Å². The highest BCUT2D eigenvalue weighted by molar-refractivity contribution is 7.36. The summed E-state index contributed by atoms with van der Waals surface area (Å²) in [5.41, 5.74) is 0.809. The lowest BCUT2D eigenvalue weighted by Gasteiger charge is -2.40. The quantitative estimate of drug-likeness (QED) is 0.123. The maximum atomic E-state index is 9.24. The number of nitriles is 2. The first-order chi connectivity index (χ1) is 23.9. The average Bonchev–Trinajstić information content (AvgIpc) is 3.96. The Morgan fingerprint density at radius 2 is 1.37 bits per heavy atom. The van der Waals surface area contributed by atoms with E-state index in [2.05, 4.69) is 9.69 Å². The minimum atomic E-state index is -0.460. The molecule has 0 bridgehead atoms. The molecule has 1 saturated carbocycles. The smallest absolute Gasteiger partial charge is 0.495 e. The van der Waals surface area contributed by atoms with Gasteiger partial charge in [-0.3, -0.25) is 0 Å². The molecule has 0 unspecified atom stereocenters. The highest BCUT2D eigenvalue weighted by Crippen LogP contribution is 2.63. The fourth-order valence-corrected chi connectivity index (χ4v) is 13.6. The molecule has 15 heteroatoms. The lowest BCUT2D eigenvalue weighted by atomic mass is 9.78. The molecule has 1 spiro atoms. The van der Waals surface area contributed by atoms with Gasteiger partial charge in [0.05, 0.1) is 28.7 Å². The fourth-order valence-electron chi connectivity index (χ4n) is 6.26.